The van der Waals surface area contributed by atoms with Gasteiger partial charge in [0.05, 0.1) is 5.39 Å². The average molecular weight is 329 g/mol. The molecule has 0 unspecified atom stereocenters. The van der Waals surface area contributed by atoms with Crippen LogP contribution >= 0.6 is 11.6 Å². The number of carbonyl (C=O) groups excluding carboxylic acids is 1. The highest BCUT2D eigenvalue weighted by atomic mass is 35.5. The van der Waals surface area contributed by atoms with Crippen LogP contribution < -0.4 is 16.6 Å². The minimum atomic E-state index is -0.520. The van der Waals surface area contributed by atoms with Crippen molar-refractivity contribution in [3.05, 3.63) is 63.2 Å². The largest absolute Gasteiger partial charge is 0.366 e. The lowest BCUT2D eigenvalue weighted by molar-refractivity contribution is 0.1000. The summed E-state index contributed by atoms with van der Waals surface area (Å²) in [7, 11) is 0. The molecule has 0 saturated heterocycles. The van der Waals surface area contributed by atoms with Crippen LogP contribution in [-0.2, 0) is 0 Å². The zero-order valence-electron chi connectivity index (χ0n) is 12.2. The van der Waals surface area contributed by atoms with E-state index in [1.54, 1.807) is 43.5 Å². The normalized spacial score (nSPS) is 10.7. The van der Waals surface area contributed by atoms with E-state index in [0.717, 1.165) is 0 Å². The van der Waals surface area contributed by atoms with Gasteiger partial charge in [-0.25, -0.2) is 4.98 Å². The summed E-state index contributed by atoms with van der Waals surface area (Å²) < 4.78 is 0. The summed E-state index contributed by atoms with van der Waals surface area (Å²) in [4.78, 5) is 30.4. The Morgan fingerprint density at radius 1 is 1.35 bits per heavy atom. The van der Waals surface area contributed by atoms with E-state index in [2.05, 4.69) is 15.3 Å². The molecule has 2 heterocycles. The second-order valence-corrected chi connectivity index (χ2v) is 5.42. The molecule has 6 nitrogen and oxygen atoms in total. The molecule has 1 aromatic carbocycles. The predicted molar refractivity (Wildman–Crippen MR) is 90.4 cm³/mol. The summed E-state index contributed by atoms with van der Waals surface area (Å²) in [6.45, 7) is 1.76. The molecule has 0 radical (unpaired) electrons. The number of aromatic amines is 1. The maximum Gasteiger partial charge on any atom is 0.259 e. The third-order valence-electron chi connectivity index (χ3n) is 3.58. The standard InChI is InChI=1S/C16H13ClN4O2/c1-8-10(14(18)22)3-2-4-11(8)20-15-13-9(7-12(17)21-15)5-6-19-16(13)23/h2-7H,1H3,(H2,18,22)(H,19,23)(H,20,21). The number of hydrogen-bond donors (Lipinski definition) is 3. The van der Waals surface area contributed by atoms with Crippen LogP contribution in [0.4, 0.5) is 11.5 Å². The summed E-state index contributed by atoms with van der Waals surface area (Å²) in [5, 5.41) is 4.38. The molecule has 3 aromatic rings. The number of anilines is 2. The average Bonchev–Trinajstić information content (AvgIpc) is 2.48. The zero-order valence-corrected chi connectivity index (χ0v) is 12.9. The first-order valence-corrected chi connectivity index (χ1v) is 7.19. The third-order valence-corrected chi connectivity index (χ3v) is 3.77. The smallest absolute Gasteiger partial charge is 0.259 e. The van der Waals surface area contributed by atoms with Gasteiger partial charge in [0.1, 0.15) is 11.0 Å². The highest BCUT2D eigenvalue weighted by molar-refractivity contribution is 6.30. The van der Waals surface area contributed by atoms with E-state index in [0.29, 0.717) is 33.4 Å². The van der Waals surface area contributed by atoms with Crippen molar-refractivity contribution in [1.29, 1.82) is 0 Å². The Morgan fingerprint density at radius 3 is 2.87 bits per heavy atom. The Kier molecular flexibility index (Phi) is 3.75. The van der Waals surface area contributed by atoms with Crippen LogP contribution in [0.1, 0.15) is 15.9 Å². The molecule has 2 aromatic heterocycles. The van der Waals surface area contributed by atoms with E-state index < -0.39 is 5.91 Å². The van der Waals surface area contributed by atoms with Crippen LogP contribution in [0.2, 0.25) is 5.15 Å². The minimum absolute atomic E-state index is 0.259. The maximum atomic E-state index is 12.1. The van der Waals surface area contributed by atoms with Gasteiger partial charge in [-0.3, -0.25) is 9.59 Å². The summed E-state index contributed by atoms with van der Waals surface area (Å²) in [5.41, 5.74) is 6.77. The number of primary amides is 1. The topological polar surface area (TPSA) is 101 Å². The first-order valence-electron chi connectivity index (χ1n) is 6.82. The first kappa shape index (κ1) is 15.1. The van der Waals surface area contributed by atoms with Gasteiger partial charge in [-0.2, -0.15) is 0 Å². The Balaban J connectivity index is 2.18. The molecule has 0 saturated carbocycles. The number of hydrogen-bond acceptors (Lipinski definition) is 4. The molecule has 0 aliphatic carbocycles. The van der Waals surface area contributed by atoms with Crippen LogP contribution in [-0.4, -0.2) is 15.9 Å². The molecule has 0 atom stereocenters. The molecule has 0 aliphatic heterocycles. The molecule has 23 heavy (non-hydrogen) atoms. The van der Waals surface area contributed by atoms with Crippen molar-refractivity contribution >= 4 is 39.8 Å². The Morgan fingerprint density at radius 2 is 2.13 bits per heavy atom. The summed E-state index contributed by atoms with van der Waals surface area (Å²) >= 11 is 6.03. The van der Waals surface area contributed by atoms with Crippen molar-refractivity contribution < 1.29 is 4.79 Å². The lowest BCUT2D eigenvalue weighted by Gasteiger charge is -2.13. The second kappa shape index (κ2) is 5.73. The molecule has 1 amide bonds. The molecule has 0 spiro atoms. The number of benzene rings is 1. The first-order chi connectivity index (χ1) is 11.0. The van der Waals surface area contributed by atoms with E-state index in [1.807, 2.05) is 0 Å². The van der Waals surface area contributed by atoms with E-state index in [-0.39, 0.29) is 10.7 Å². The van der Waals surface area contributed by atoms with Crippen molar-refractivity contribution in [2.45, 2.75) is 6.92 Å². The van der Waals surface area contributed by atoms with Crippen LogP contribution in [0.3, 0.4) is 0 Å². The number of halogens is 1. The van der Waals surface area contributed by atoms with Crippen LogP contribution in [0.15, 0.2) is 41.3 Å². The second-order valence-electron chi connectivity index (χ2n) is 5.03. The Labute approximate surface area is 136 Å². The molecule has 3 rings (SSSR count). The quantitative estimate of drug-likeness (QED) is 0.643. The number of rotatable bonds is 3. The van der Waals surface area contributed by atoms with Crippen molar-refractivity contribution in [3.8, 4) is 0 Å². The fourth-order valence-electron chi connectivity index (χ4n) is 2.44. The number of carbonyl (C=O) groups is 1. The molecule has 4 N–H and O–H groups in total. The van der Waals surface area contributed by atoms with Gasteiger partial charge in [0, 0.05) is 17.4 Å². The lowest BCUT2D eigenvalue weighted by Crippen LogP contribution is -2.14. The fourth-order valence-corrected chi connectivity index (χ4v) is 2.64. The lowest BCUT2D eigenvalue weighted by atomic mass is 10.1. The van der Waals surface area contributed by atoms with Crippen molar-refractivity contribution in [1.82, 2.24) is 9.97 Å². The molecular weight excluding hydrogens is 316 g/mol. The number of amides is 1. The predicted octanol–water partition coefficient (Wildman–Crippen LogP) is 2.73. The number of H-pyrrole nitrogens is 1. The zero-order chi connectivity index (χ0) is 16.6. The Bertz CT molecular complexity index is 981. The van der Waals surface area contributed by atoms with Crippen LogP contribution in [0.5, 0.6) is 0 Å². The highest BCUT2D eigenvalue weighted by Gasteiger charge is 2.13. The highest BCUT2D eigenvalue weighted by Crippen LogP contribution is 2.27. The number of aromatic nitrogens is 2. The van der Waals surface area contributed by atoms with Gasteiger partial charge in [-0.1, -0.05) is 17.7 Å². The molecule has 0 bridgehead atoms. The van der Waals surface area contributed by atoms with Crippen LogP contribution in [0.25, 0.3) is 10.8 Å². The van der Waals surface area contributed by atoms with Crippen LogP contribution in [0, 0.1) is 6.92 Å². The van der Waals surface area contributed by atoms with Gasteiger partial charge in [-0.15, -0.1) is 0 Å². The summed E-state index contributed by atoms with van der Waals surface area (Å²) in [5.74, 6) is -0.202. The van der Waals surface area contributed by atoms with Gasteiger partial charge in [0.25, 0.3) is 5.56 Å². The molecule has 116 valence electrons. The molecule has 7 heteroatoms. The van der Waals surface area contributed by atoms with Gasteiger partial charge in [-0.05, 0) is 42.1 Å². The van der Waals surface area contributed by atoms with E-state index >= 15 is 0 Å². The van der Waals surface area contributed by atoms with E-state index in [1.165, 1.54) is 0 Å². The Hall–Kier alpha value is -2.86. The number of nitrogens with one attached hydrogen (secondary N) is 2. The summed E-state index contributed by atoms with van der Waals surface area (Å²) in [6, 6.07) is 8.46. The maximum absolute atomic E-state index is 12.1. The third kappa shape index (κ3) is 2.76. The van der Waals surface area contributed by atoms with Crippen molar-refractivity contribution in [2.24, 2.45) is 5.73 Å². The number of pyridine rings is 2. The molecular formula is C16H13ClN4O2. The monoisotopic (exact) mass is 328 g/mol. The van der Waals surface area contributed by atoms with E-state index in [4.69, 9.17) is 17.3 Å². The number of nitrogens with two attached hydrogens (primary N) is 1. The molecule has 0 fully saturated rings. The minimum Gasteiger partial charge on any atom is -0.366 e. The molecule has 0 aliphatic rings. The van der Waals surface area contributed by atoms with Gasteiger partial charge >= 0.3 is 0 Å². The summed E-state index contributed by atoms with van der Waals surface area (Å²) in [6.07, 6.45) is 1.55. The van der Waals surface area contributed by atoms with Gasteiger partial charge < -0.3 is 16.0 Å². The van der Waals surface area contributed by atoms with E-state index in [9.17, 15) is 9.59 Å². The fraction of sp³-hybridized carbons (Fsp3) is 0.0625. The van der Waals surface area contributed by atoms with Gasteiger partial charge in [0.15, 0.2) is 0 Å². The van der Waals surface area contributed by atoms with Crippen molar-refractivity contribution in [3.63, 3.8) is 0 Å². The number of fused-ring (bicyclic) bond motifs is 1. The number of nitrogens with zero attached hydrogens (tertiary/aromatic N) is 1. The van der Waals surface area contributed by atoms with Crippen molar-refractivity contribution in [2.75, 3.05) is 5.32 Å². The SMILES string of the molecule is Cc1c(Nc2nc(Cl)cc3cc[nH]c(=O)c23)cccc1C(N)=O. The van der Waals surface area contributed by atoms with Gasteiger partial charge in [0.2, 0.25) is 5.91 Å².